The zero-order valence-electron chi connectivity index (χ0n) is 21.1. The number of ether oxygens (including phenoxy) is 2. The van der Waals surface area contributed by atoms with Crippen LogP contribution in [0.2, 0.25) is 0 Å². The number of halogens is 2. The Balaban J connectivity index is 1.59. The highest BCUT2D eigenvalue weighted by Gasteiger charge is 2.29. The van der Waals surface area contributed by atoms with Gasteiger partial charge in [0.15, 0.2) is 0 Å². The van der Waals surface area contributed by atoms with Gasteiger partial charge in [0.25, 0.3) is 5.91 Å². The van der Waals surface area contributed by atoms with Crippen LogP contribution in [0.1, 0.15) is 41.4 Å². The molecule has 1 amide bonds. The van der Waals surface area contributed by atoms with Crippen LogP contribution >= 0.6 is 0 Å². The van der Waals surface area contributed by atoms with Crippen molar-refractivity contribution >= 4 is 5.91 Å². The van der Waals surface area contributed by atoms with Crippen molar-refractivity contribution in [3.05, 3.63) is 107 Å². The lowest BCUT2D eigenvalue weighted by atomic mass is 10.1. The minimum absolute atomic E-state index is 0.00778. The van der Waals surface area contributed by atoms with E-state index in [4.69, 9.17) is 14.6 Å². The maximum absolute atomic E-state index is 14.7. The number of hydrogen-bond donors (Lipinski definition) is 0. The van der Waals surface area contributed by atoms with Crippen LogP contribution in [0.4, 0.5) is 8.78 Å². The van der Waals surface area contributed by atoms with E-state index in [2.05, 4.69) is 0 Å². The quantitative estimate of drug-likeness (QED) is 0.261. The smallest absolute Gasteiger partial charge is 0.257 e. The van der Waals surface area contributed by atoms with E-state index in [1.54, 1.807) is 33.8 Å². The third-order valence-electron chi connectivity index (χ3n) is 6.55. The lowest BCUT2D eigenvalue weighted by Crippen LogP contribution is -2.37. The van der Waals surface area contributed by atoms with Crippen LogP contribution in [-0.4, -0.2) is 39.8 Å². The molecule has 2 heterocycles. The van der Waals surface area contributed by atoms with Crippen molar-refractivity contribution in [2.75, 3.05) is 13.2 Å². The molecule has 0 spiro atoms. The Kier molecular flexibility index (Phi) is 7.79. The summed E-state index contributed by atoms with van der Waals surface area (Å²) < 4.78 is 42.4. The van der Waals surface area contributed by atoms with E-state index in [1.165, 1.54) is 24.3 Å². The van der Waals surface area contributed by atoms with Gasteiger partial charge < -0.3 is 14.4 Å². The van der Waals surface area contributed by atoms with E-state index in [0.29, 0.717) is 36.8 Å². The third-order valence-corrected chi connectivity index (χ3v) is 6.55. The molecule has 38 heavy (non-hydrogen) atoms. The first kappa shape index (κ1) is 25.6. The monoisotopic (exact) mass is 517 g/mol. The highest BCUT2D eigenvalue weighted by atomic mass is 19.1. The topological polar surface area (TPSA) is 56.6 Å². The van der Waals surface area contributed by atoms with Gasteiger partial charge in [0.2, 0.25) is 5.88 Å². The second kappa shape index (κ2) is 11.6. The molecule has 1 atom stereocenters. The van der Waals surface area contributed by atoms with Crippen molar-refractivity contribution in [1.29, 1.82) is 0 Å². The molecular formula is C30H29F2N3O3. The summed E-state index contributed by atoms with van der Waals surface area (Å²) in [5, 5.41) is 4.81. The predicted octanol–water partition coefficient (Wildman–Crippen LogP) is 6.33. The second-order valence-electron chi connectivity index (χ2n) is 9.19. The van der Waals surface area contributed by atoms with Gasteiger partial charge in [0, 0.05) is 19.2 Å². The molecule has 4 aromatic rings. The SMILES string of the molecule is CCc1nn(-c2ccccc2)c(Oc2cccc(F)c2)c1CN(C[C@@H]1CCCO1)C(=O)c1ccccc1F. The maximum atomic E-state index is 14.7. The lowest BCUT2D eigenvalue weighted by molar-refractivity contribution is 0.0502. The third kappa shape index (κ3) is 5.60. The first-order chi connectivity index (χ1) is 18.5. The van der Waals surface area contributed by atoms with Crippen molar-refractivity contribution in [2.24, 2.45) is 0 Å². The van der Waals surface area contributed by atoms with Gasteiger partial charge in [0.05, 0.1) is 35.2 Å². The summed E-state index contributed by atoms with van der Waals surface area (Å²) >= 11 is 0. The fraction of sp³-hybridized carbons (Fsp3) is 0.267. The Morgan fingerprint density at radius 3 is 2.58 bits per heavy atom. The minimum atomic E-state index is -0.582. The average molecular weight is 518 g/mol. The molecular weight excluding hydrogens is 488 g/mol. The predicted molar refractivity (Wildman–Crippen MR) is 140 cm³/mol. The van der Waals surface area contributed by atoms with Crippen LogP contribution in [0.15, 0.2) is 78.9 Å². The molecule has 1 aliphatic rings. The summed E-state index contributed by atoms with van der Waals surface area (Å²) in [7, 11) is 0. The zero-order valence-corrected chi connectivity index (χ0v) is 21.1. The highest BCUT2D eigenvalue weighted by Crippen LogP contribution is 2.33. The van der Waals surface area contributed by atoms with Crippen molar-refractivity contribution in [3.8, 4) is 17.3 Å². The fourth-order valence-electron chi connectivity index (χ4n) is 4.66. The first-order valence-electron chi connectivity index (χ1n) is 12.8. The number of nitrogens with zero attached hydrogens (tertiary/aromatic N) is 3. The number of aryl methyl sites for hydroxylation is 1. The standard InChI is InChI=1S/C30H29F2N3O3/c1-2-28-26(20-34(19-24-14-9-17-37-24)29(36)25-15-6-7-16-27(25)32)30(38-23-13-8-10-21(31)18-23)35(33-28)22-11-4-3-5-12-22/h3-8,10-13,15-16,18,24H,2,9,14,17,19-20H2,1H3/t24-/m0/s1. The Hall–Kier alpha value is -4.04. The number of aromatic nitrogens is 2. The highest BCUT2D eigenvalue weighted by molar-refractivity contribution is 5.94. The van der Waals surface area contributed by atoms with Crippen LogP contribution in [0, 0.1) is 11.6 Å². The van der Waals surface area contributed by atoms with Gasteiger partial charge in [-0.2, -0.15) is 5.10 Å². The van der Waals surface area contributed by atoms with Gasteiger partial charge in [-0.25, -0.2) is 13.5 Å². The number of rotatable bonds is 9. The van der Waals surface area contributed by atoms with E-state index in [1.807, 2.05) is 37.3 Å². The molecule has 196 valence electrons. The lowest BCUT2D eigenvalue weighted by Gasteiger charge is -2.26. The van der Waals surface area contributed by atoms with Crippen molar-refractivity contribution in [2.45, 2.75) is 38.8 Å². The van der Waals surface area contributed by atoms with E-state index in [9.17, 15) is 13.6 Å². The number of carbonyl (C=O) groups excluding carboxylic acids is 1. The van der Waals surface area contributed by atoms with Crippen molar-refractivity contribution in [1.82, 2.24) is 14.7 Å². The van der Waals surface area contributed by atoms with Crippen LogP contribution in [-0.2, 0) is 17.7 Å². The Morgan fingerprint density at radius 1 is 1.08 bits per heavy atom. The number of hydrogen-bond acceptors (Lipinski definition) is 4. The molecule has 1 saturated heterocycles. The number of benzene rings is 3. The number of para-hydroxylation sites is 1. The number of amides is 1. The minimum Gasteiger partial charge on any atom is -0.438 e. The molecule has 3 aromatic carbocycles. The van der Waals surface area contributed by atoms with Gasteiger partial charge in [-0.15, -0.1) is 0 Å². The average Bonchev–Trinajstić information content (AvgIpc) is 3.57. The van der Waals surface area contributed by atoms with E-state index in [-0.39, 0.29) is 18.2 Å². The molecule has 0 unspecified atom stereocenters. The summed E-state index contributed by atoms with van der Waals surface area (Å²) in [6, 6.07) is 21.3. The zero-order chi connectivity index (χ0) is 26.5. The molecule has 6 nitrogen and oxygen atoms in total. The molecule has 0 radical (unpaired) electrons. The molecule has 0 saturated carbocycles. The molecule has 0 N–H and O–H groups in total. The van der Waals surface area contributed by atoms with Gasteiger partial charge in [-0.1, -0.05) is 43.3 Å². The molecule has 1 aromatic heterocycles. The van der Waals surface area contributed by atoms with Crippen LogP contribution in [0.5, 0.6) is 11.6 Å². The Bertz CT molecular complexity index is 1400. The van der Waals surface area contributed by atoms with Crippen molar-refractivity contribution in [3.63, 3.8) is 0 Å². The largest absolute Gasteiger partial charge is 0.438 e. The van der Waals surface area contributed by atoms with E-state index >= 15 is 0 Å². The molecule has 8 heteroatoms. The molecule has 1 fully saturated rings. The molecule has 5 rings (SSSR count). The molecule has 0 bridgehead atoms. The van der Waals surface area contributed by atoms with Gasteiger partial charge in [0.1, 0.15) is 17.4 Å². The van der Waals surface area contributed by atoms with E-state index < -0.39 is 17.5 Å². The summed E-state index contributed by atoms with van der Waals surface area (Å²) in [6.07, 6.45) is 2.15. The van der Waals surface area contributed by atoms with E-state index in [0.717, 1.165) is 24.2 Å². The van der Waals surface area contributed by atoms with Crippen molar-refractivity contribution < 1.29 is 23.0 Å². The summed E-state index contributed by atoms with van der Waals surface area (Å²) in [5.41, 5.74) is 2.14. The summed E-state index contributed by atoms with van der Waals surface area (Å²) in [6.45, 7) is 3.02. The van der Waals surface area contributed by atoms with Crippen LogP contribution in [0.3, 0.4) is 0 Å². The molecule has 1 aliphatic heterocycles. The maximum Gasteiger partial charge on any atom is 0.257 e. The normalized spacial score (nSPS) is 15.0. The van der Waals surface area contributed by atoms with Crippen LogP contribution < -0.4 is 4.74 Å². The second-order valence-corrected chi connectivity index (χ2v) is 9.19. The fourth-order valence-corrected chi connectivity index (χ4v) is 4.66. The Labute approximate surface area is 220 Å². The number of carbonyl (C=O) groups is 1. The van der Waals surface area contributed by atoms with Gasteiger partial charge in [-0.05, 0) is 55.7 Å². The van der Waals surface area contributed by atoms with Crippen LogP contribution in [0.25, 0.3) is 5.69 Å². The first-order valence-corrected chi connectivity index (χ1v) is 12.8. The summed E-state index contributed by atoms with van der Waals surface area (Å²) in [5.74, 6) is -0.777. The van der Waals surface area contributed by atoms with Gasteiger partial charge in [-0.3, -0.25) is 4.79 Å². The summed E-state index contributed by atoms with van der Waals surface area (Å²) in [4.78, 5) is 15.3. The molecule has 0 aliphatic carbocycles. The van der Waals surface area contributed by atoms with Gasteiger partial charge >= 0.3 is 0 Å². The Morgan fingerprint density at radius 2 is 1.87 bits per heavy atom.